The van der Waals surface area contributed by atoms with E-state index in [0.717, 1.165) is 0 Å². The van der Waals surface area contributed by atoms with E-state index in [1.807, 2.05) is 0 Å². The van der Waals surface area contributed by atoms with E-state index >= 15 is 0 Å². The van der Waals surface area contributed by atoms with Crippen LogP contribution < -0.4 is 5.32 Å². The number of halogens is 2. The Kier molecular flexibility index (Phi) is 7.63. The average molecular weight is 249 g/mol. The van der Waals surface area contributed by atoms with Crippen LogP contribution in [0.15, 0.2) is 0 Å². The number of carbonyl (C=O) groups excluding carboxylic acids is 1. The number of aliphatic carboxylic acids is 1. The van der Waals surface area contributed by atoms with Gasteiger partial charge >= 0.3 is 5.97 Å². The molecule has 0 aliphatic rings. The summed E-state index contributed by atoms with van der Waals surface area (Å²) in [7, 11) is 0. The first kappa shape index (κ1) is 15.3. The smallest absolute Gasteiger partial charge is 0.327 e. The van der Waals surface area contributed by atoms with Gasteiger partial charge in [-0.15, -0.1) is 12.3 Å². The van der Waals surface area contributed by atoms with Gasteiger partial charge in [0.2, 0.25) is 5.91 Å². The number of nitrogens with one attached hydrogen (secondary N) is 1. The third-order valence-electron chi connectivity index (χ3n) is 1.67. The number of hydrogen-bond donors (Lipinski definition) is 2. The van der Waals surface area contributed by atoms with Gasteiger partial charge in [-0.1, -0.05) is 0 Å². The van der Waals surface area contributed by atoms with E-state index < -0.39 is 31.0 Å². The van der Waals surface area contributed by atoms with Gasteiger partial charge < -0.3 is 15.2 Å². The fraction of sp³-hybridized carbons (Fsp3) is 0.600. The van der Waals surface area contributed by atoms with Gasteiger partial charge in [-0.25, -0.2) is 13.6 Å². The van der Waals surface area contributed by atoms with Crippen LogP contribution in [0.2, 0.25) is 0 Å². The summed E-state index contributed by atoms with van der Waals surface area (Å²) in [5.74, 6) is 0.256. The molecule has 0 rings (SSSR count). The number of hydrogen-bond acceptors (Lipinski definition) is 3. The van der Waals surface area contributed by atoms with E-state index in [4.69, 9.17) is 11.5 Å². The van der Waals surface area contributed by atoms with Gasteiger partial charge in [-0.2, -0.15) is 0 Å². The van der Waals surface area contributed by atoms with E-state index in [0.29, 0.717) is 0 Å². The molecule has 0 aromatic heterocycles. The topological polar surface area (TPSA) is 75.6 Å². The molecule has 0 heterocycles. The molecule has 96 valence electrons. The highest BCUT2D eigenvalue weighted by molar-refractivity contribution is 5.83. The molecular formula is C10H13F2NO4. The Balaban J connectivity index is 3.83. The molecule has 0 aliphatic carbocycles. The minimum absolute atomic E-state index is 0.140. The van der Waals surface area contributed by atoms with Gasteiger partial charge in [-0.3, -0.25) is 4.79 Å². The summed E-state index contributed by atoms with van der Waals surface area (Å²) in [4.78, 5) is 21.8. The number of rotatable bonds is 8. The second-order valence-electron chi connectivity index (χ2n) is 3.08. The van der Waals surface area contributed by atoms with Crippen LogP contribution in [0, 0.1) is 12.3 Å². The summed E-state index contributed by atoms with van der Waals surface area (Å²) in [5, 5.41) is 10.8. The predicted octanol–water partition coefficient (Wildman–Crippen LogP) is 0.251. The van der Waals surface area contributed by atoms with Crippen molar-refractivity contribution in [2.24, 2.45) is 0 Å². The number of alkyl halides is 2. The molecule has 0 bridgehead atoms. The fourth-order valence-electron chi connectivity index (χ4n) is 0.922. The molecule has 1 atom stereocenters. The minimum Gasteiger partial charge on any atom is -0.480 e. The molecule has 0 saturated heterocycles. The first-order valence-corrected chi connectivity index (χ1v) is 4.79. The zero-order valence-electron chi connectivity index (χ0n) is 8.99. The monoisotopic (exact) mass is 249 g/mol. The zero-order chi connectivity index (χ0) is 13.3. The molecule has 7 heteroatoms. The van der Waals surface area contributed by atoms with Crippen LogP contribution in [0.1, 0.15) is 12.8 Å². The van der Waals surface area contributed by atoms with E-state index in [9.17, 15) is 18.4 Å². The van der Waals surface area contributed by atoms with Crippen LogP contribution in [0.25, 0.3) is 0 Å². The van der Waals surface area contributed by atoms with Gasteiger partial charge in [-0.05, 0) is 0 Å². The molecule has 0 aliphatic heterocycles. The number of carboxylic acids is 1. The molecule has 17 heavy (non-hydrogen) atoms. The van der Waals surface area contributed by atoms with Crippen LogP contribution >= 0.6 is 0 Å². The van der Waals surface area contributed by atoms with Gasteiger partial charge in [0.25, 0.3) is 6.43 Å². The summed E-state index contributed by atoms with van der Waals surface area (Å²) >= 11 is 0. The van der Waals surface area contributed by atoms with Crippen molar-refractivity contribution < 1.29 is 28.2 Å². The molecule has 0 aromatic carbocycles. The van der Waals surface area contributed by atoms with Crippen molar-refractivity contribution in [1.82, 2.24) is 5.32 Å². The van der Waals surface area contributed by atoms with Crippen LogP contribution in [0.3, 0.4) is 0 Å². The maximum absolute atomic E-state index is 11.7. The average Bonchev–Trinajstić information content (AvgIpc) is 2.23. The maximum atomic E-state index is 11.7. The van der Waals surface area contributed by atoms with E-state index in [1.54, 1.807) is 0 Å². The molecule has 1 amide bonds. The summed E-state index contributed by atoms with van der Waals surface area (Å²) in [6, 6.07) is -1.16. The van der Waals surface area contributed by atoms with E-state index in [2.05, 4.69) is 16.0 Å². The normalized spacial score (nSPS) is 11.9. The minimum atomic E-state index is -2.59. The molecule has 1 unspecified atom stereocenters. The Bertz CT molecular complexity index is 301. The van der Waals surface area contributed by atoms with Crippen molar-refractivity contribution in [3.05, 3.63) is 0 Å². The van der Waals surface area contributed by atoms with Crippen LogP contribution in [-0.4, -0.2) is 42.7 Å². The Labute approximate surface area is 97.1 Å². The van der Waals surface area contributed by atoms with Crippen molar-refractivity contribution in [3.63, 3.8) is 0 Å². The Hall–Kier alpha value is -1.68. The molecular weight excluding hydrogens is 236 g/mol. The highest BCUT2D eigenvalue weighted by atomic mass is 19.3. The Morgan fingerprint density at radius 1 is 1.47 bits per heavy atom. The maximum Gasteiger partial charge on any atom is 0.327 e. The second-order valence-corrected chi connectivity index (χ2v) is 3.08. The number of carboxylic acid groups (broad SMARTS) is 1. The molecule has 0 fully saturated rings. The molecule has 0 radical (unpaired) electrons. The van der Waals surface area contributed by atoms with Gasteiger partial charge in [0.1, 0.15) is 12.6 Å². The molecule has 5 nitrogen and oxygen atoms in total. The Morgan fingerprint density at radius 2 is 2.12 bits per heavy atom. The largest absolute Gasteiger partial charge is 0.480 e. The van der Waals surface area contributed by atoms with Crippen LogP contribution in [-0.2, 0) is 14.3 Å². The standard InChI is InChI=1S/C10H13F2NO4/c1-2-3-7(10(15)16)13-9(14)4-5-17-6-8(11)12/h1,7-8H,3-6H2,(H,13,14)(H,15,16). The SMILES string of the molecule is C#CCC(NC(=O)CCOCC(F)F)C(=O)O. The first-order valence-electron chi connectivity index (χ1n) is 4.79. The number of ether oxygens (including phenoxy) is 1. The molecule has 0 aromatic rings. The van der Waals surface area contributed by atoms with Crippen molar-refractivity contribution >= 4 is 11.9 Å². The van der Waals surface area contributed by atoms with Gasteiger partial charge in [0, 0.05) is 12.8 Å². The first-order chi connectivity index (χ1) is 7.97. The lowest BCUT2D eigenvalue weighted by Crippen LogP contribution is -2.40. The Morgan fingerprint density at radius 3 is 2.59 bits per heavy atom. The van der Waals surface area contributed by atoms with Crippen molar-refractivity contribution in [3.8, 4) is 12.3 Å². The molecule has 0 spiro atoms. The summed E-state index contributed by atoms with van der Waals surface area (Å²) in [6.07, 6.45) is 2.00. The summed E-state index contributed by atoms with van der Waals surface area (Å²) < 4.78 is 27.8. The molecule has 0 saturated carbocycles. The predicted molar refractivity (Wildman–Crippen MR) is 54.5 cm³/mol. The fourth-order valence-corrected chi connectivity index (χ4v) is 0.922. The highest BCUT2D eigenvalue weighted by Gasteiger charge is 2.18. The van der Waals surface area contributed by atoms with Crippen LogP contribution in [0.5, 0.6) is 0 Å². The zero-order valence-corrected chi connectivity index (χ0v) is 8.99. The number of terminal acetylenes is 1. The lowest BCUT2D eigenvalue weighted by atomic mass is 10.2. The van der Waals surface area contributed by atoms with Crippen molar-refractivity contribution in [2.75, 3.05) is 13.2 Å². The third kappa shape index (κ3) is 8.16. The van der Waals surface area contributed by atoms with E-state index in [-0.39, 0.29) is 19.4 Å². The molecule has 2 N–H and O–H groups in total. The van der Waals surface area contributed by atoms with Crippen molar-refractivity contribution in [1.29, 1.82) is 0 Å². The van der Waals surface area contributed by atoms with Crippen LogP contribution in [0.4, 0.5) is 8.78 Å². The lowest BCUT2D eigenvalue weighted by molar-refractivity contribution is -0.141. The summed E-state index contributed by atoms with van der Waals surface area (Å²) in [6.45, 7) is -0.946. The number of amides is 1. The third-order valence-corrected chi connectivity index (χ3v) is 1.67. The van der Waals surface area contributed by atoms with Crippen molar-refractivity contribution in [2.45, 2.75) is 25.3 Å². The van der Waals surface area contributed by atoms with Gasteiger partial charge in [0.05, 0.1) is 6.61 Å². The number of carbonyl (C=O) groups is 2. The lowest BCUT2D eigenvalue weighted by Gasteiger charge is -2.11. The second kappa shape index (κ2) is 8.47. The quantitative estimate of drug-likeness (QED) is 0.477. The highest BCUT2D eigenvalue weighted by Crippen LogP contribution is 1.95. The van der Waals surface area contributed by atoms with E-state index in [1.165, 1.54) is 0 Å². The van der Waals surface area contributed by atoms with Gasteiger partial charge in [0.15, 0.2) is 0 Å². The summed E-state index contributed by atoms with van der Waals surface area (Å²) in [5.41, 5.74) is 0.